The van der Waals surface area contributed by atoms with Crippen molar-refractivity contribution in [2.75, 3.05) is 6.61 Å². The number of nitrogens with zero attached hydrogens (tertiary/aromatic N) is 3. The van der Waals surface area contributed by atoms with Crippen LogP contribution < -0.4 is 4.74 Å². The van der Waals surface area contributed by atoms with Gasteiger partial charge in [-0.25, -0.2) is 0 Å². The van der Waals surface area contributed by atoms with Crippen molar-refractivity contribution in [1.29, 1.82) is 0 Å². The molecule has 0 aliphatic heterocycles. The number of esters is 1. The zero-order chi connectivity index (χ0) is 17.2. The van der Waals surface area contributed by atoms with Crippen molar-refractivity contribution < 1.29 is 19.1 Å². The van der Waals surface area contributed by atoms with Gasteiger partial charge in [0.05, 0.1) is 19.3 Å². The molecule has 23 heavy (non-hydrogen) atoms. The second-order valence-electron chi connectivity index (χ2n) is 5.14. The zero-order valence-corrected chi connectivity index (χ0v) is 13.6. The summed E-state index contributed by atoms with van der Waals surface area (Å²) in [6.45, 7) is 5.93. The fourth-order valence-electron chi connectivity index (χ4n) is 2.12. The molecule has 0 saturated carbocycles. The van der Waals surface area contributed by atoms with E-state index < -0.39 is 0 Å². The second-order valence-corrected chi connectivity index (χ2v) is 5.14. The Labute approximate surface area is 135 Å². The Kier molecular flexibility index (Phi) is 7.63. The number of azide groups is 1. The maximum Gasteiger partial charge on any atom is 0.306 e. The zero-order valence-electron chi connectivity index (χ0n) is 13.6. The van der Waals surface area contributed by atoms with E-state index in [-0.39, 0.29) is 25.0 Å². The molecule has 0 heterocycles. The van der Waals surface area contributed by atoms with Crippen molar-refractivity contribution in [3.8, 4) is 5.75 Å². The first-order valence-electron chi connectivity index (χ1n) is 7.45. The average Bonchev–Trinajstić information content (AvgIpc) is 2.51. The second kappa shape index (κ2) is 9.48. The Morgan fingerprint density at radius 1 is 1.43 bits per heavy atom. The summed E-state index contributed by atoms with van der Waals surface area (Å²) < 4.78 is 10.7. The topological polar surface area (TPSA) is 101 Å². The van der Waals surface area contributed by atoms with Gasteiger partial charge in [-0.3, -0.25) is 9.59 Å². The summed E-state index contributed by atoms with van der Waals surface area (Å²) >= 11 is 0. The van der Waals surface area contributed by atoms with Gasteiger partial charge in [-0.15, -0.1) is 0 Å². The Morgan fingerprint density at radius 2 is 2.17 bits per heavy atom. The molecule has 0 atom stereocenters. The van der Waals surface area contributed by atoms with Crippen LogP contribution in [-0.2, 0) is 22.5 Å². The van der Waals surface area contributed by atoms with Crippen LogP contribution in [0.15, 0.2) is 17.2 Å². The third kappa shape index (κ3) is 6.00. The van der Waals surface area contributed by atoms with Gasteiger partial charge in [-0.1, -0.05) is 5.11 Å². The highest BCUT2D eigenvalue weighted by Crippen LogP contribution is 2.27. The monoisotopic (exact) mass is 319 g/mol. The van der Waals surface area contributed by atoms with Gasteiger partial charge in [0.15, 0.2) is 0 Å². The van der Waals surface area contributed by atoms with E-state index in [9.17, 15) is 9.59 Å². The predicted octanol–water partition coefficient (Wildman–Crippen LogP) is 3.59. The minimum Gasteiger partial charge on any atom is -0.491 e. The van der Waals surface area contributed by atoms with Crippen molar-refractivity contribution in [3.63, 3.8) is 0 Å². The molecular formula is C16H21N3O4. The number of hydrogen-bond acceptors (Lipinski definition) is 5. The third-order valence-corrected chi connectivity index (χ3v) is 2.99. The molecule has 7 nitrogen and oxygen atoms in total. The molecule has 124 valence electrons. The molecular weight excluding hydrogens is 298 g/mol. The molecule has 0 aromatic heterocycles. The number of carbonyl (C=O) groups excluding carboxylic acids is 2. The van der Waals surface area contributed by atoms with E-state index in [0.29, 0.717) is 41.8 Å². The van der Waals surface area contributed by atoms with Gasteiger partial charge in [-0.2, -0.15) is 0 Å². The van der Waals surface area contributed by atoms with E-state index in [4.69, 9.17) is 15.0 Å². The molecule has 0 unspecified atom stereocenters. The highest BCUT2D eigenvalue weighted by molar-refractivity contribution is 5.80. The van der Waals surface area contributed by atoms with Crippen LogP contribution in [-0.4, -0.2) is 25.0 Å². The van der Waals surface area contributed by atoms with Gasteiger partial charge in [0.2, 0.25) is 0 Å². The summed E-state index contributed by atoms with van der Waals surface area (Å²) in [6, 6.07) is 3.39. The van der Waals surface area contributed by atoms with Crippen LogP contribution in [0.1, 0.15) is 48.7 Å². The van der Waals surface area contributed by atoms with E-state index in [1.165, 1.54) is 0 Å². The SMILES string of the molecule is CCOC(=O)CCc1c(C=O)cc(CN=[N+]=[N-])cc1OC(C)C. The molecule has 0 amide bonds. The molecule has 0 radical (unpaired) electrons. The summed E-state index contributed by atoms with van der Waals surface area (Å²) in [7, 11) is 0. The van der Waals surface area contributed by atoms with Crippen LogP contribution in [0.4, 0.5) is 0 Å². The quantitative estimate of drug-likeness (QED) is 0.228. The first-order chi connectivity index (χ1) is 11.0. The average molecular weight is 319 g/mol. The maximum absolute atomic E-state index is 11.6. The number of ether oxygens (including phenoxy) is 2. The summed E-state index contributed by atoms with van der Waals surface area (Å²) in [6.07, 6.45) is 1.13. The van der Waals surface area contributed by atoms with Gasteiger partial charge < -0.3 is 9.47 Å². The number of aldehydes is 1. The Hall–Kier alpha value is -2.53. The van der Waals surface area contributed by atoms with Gasteiger partial charge in [-0.05, 0) is 50.4 Å². The fraction of sp³-hybridized carbons (Fsp3) is 0.500. The lowest BCUT2D eigenvalue weighted by Crippen LogP contribution is -2.11. The molecule has 1 rings (SSSR count). The lowest BCUT2D eigenvalue weighted by molar-refractivity contribution is -0.143. The van der Waals surface area contributed by atoms with Crippen LogP contribution in [0.25, 0.3) is 10.4 Å². The standard InChI is InChI=1S/C16H21N3O4/c1-4-22-16(21)6-5-14-13(10-20)7-12(9-18-19-17)8-15(14)23-11(2)3/h7-8,10-11H,4-6,9H2,1-3H3. The smallest absolute Gasteiger partial charge is 0.306 e. The first-order valence-corrected chi connectivity index (χ1v) is 7.45. The Balaban J connectivity index is 3.14. The van der Waals surface area contributed by atoms with Crippen LogP contribution in [0.2, 0.25) is 0 Å². The maximum atomic E-state index is 11.6. The highest BCUT2D eigenvalue weighted by Gasteiger charge is 2.15. The van der Waals surface area contributed by atoms with E-state index in [1.54, 1.807) is 19.1 Å². The van der Waals surface area contributed by atoms with E-state index >= 15 is 0 Å². The van der Waals surface area contributed by atoms with Crippen molar-refractivity contribution in [2.45, 2.75) is 46.3 Å². The van der Waals surface area contributed by atoms with Crippen LogP contribution >= 0.6 is 0 Å². The number of benzene rings is 1. The molecule has 1 aromatic rings. The summed E-state index contributed by atoms with van der Waals surface area (Å²) in [5, 5.41) is 3.50. The predicted molar refractivity (Wildman–Crippen MR) is 85.4 cm³/mol. The van der Waals surface area contributed by atoms with Crippen molar-refractivity contribution in [2.24, 2.45) is 5.11 Å². The molecule has 0 aliphatic carbocycles. The van der Waals surface area contributed by atoms with Crippen LogP contribution in [0.3, 0.4) is 0 Å². The number of carbonyl (C=O) groups is 2. The fourth-order valence-corrected chi connectivity index (χ4v) is 2.12. The lowest BCUT2D eigenvalue weighted by Gasteiger charge is -2.17. The van der Waals surface area contributed by atoms with Crippen molar-refractivity contribution >= 4 is 12.3 Å². The molecule has 0 spiro atoms. The molecule has 0 fully saturated rings. The molecule has 0 bridgehead atoms. The summed E-state index contributed by atoms with van der Waals surface area (Å²) in [4.78, 5) is 25.7. The largest absolute Gasteiger partial charge is 0.491 e. The first kappa shape index (κ1) is 18.5. The van der Waals surface area contributed by atoms with Crippen LogP contribution in [0.5, 0.6) is 5.75 Å². The molecule has 1 aromatic carbocycles. The summed E-state index contributed by atoms with van der Waals surface area (Å²) in [5.41, 5.74) is 10.2. The van der Waals surface area contributed by atoms with Gasteiger partial charge in [0.1, 0.15) is 12.0 Å². The minimum atomic E-state index is -0.321. The molecule has 0 N–H and O–H groups in total. The lowest BCUT2D eigenvalue weighted by atomic mass is 9.99. The molecule has 0 saturated heterocycles. The normalized spacial score (nSPS) is 10.1. The van der Waals surface area contributed by atoms with E-state index in [1.807, 2.05) is 13.8 Å². The number of hydrogen-bond donors (Lipinski definition) is 0. The Morgan fingerprint density at radius 3 is 2.74 bits per heavy atom. The van der Waals surface area contributed by atoms with Crippen LogP contribution in [0, 0.1) is 0 Å². The Bertz CT molecular complexity index is 608. The summed E-state index contributed by atoms with van der Waals surface area (Å²) in [5.74, 6) is 0.204. The highest BCUT2D eigenvalue weighted by atomic mass is 16.5. The molecule has 7 heteroatoms. The van der Waals surface area contributed by atoms with E-state index in [0.717, 1.165) is 0 Å². The van der Waals surface area contributed by atoms with E-state index in [2.05, 4.69) is 10.0 Å². The minimum absolute atomic E-state index is 0.0921. The van der Waals surface area contributed by atoms with Crippen molar-refractivity contribution in [3.05, 3.63) is 39.3 Å². The third-order valence-electron chi connectivity index (χ3n) is 2.99. The van der Waals surface area contributed by atoms with Crippen molar-refractivity contribution in [1.82, 2.24) is 0 Å². The molecule has 0 aliphatic rings. The van der Waals surface area contributed by atoms with Gasteiger partial charge in [0, 0.05) is 22.5 Å². The van der Waals surface area contributed by atoms with Gasteiger partial charge in [0.25, 0.3) is 0 Å². The number of rotatable bonds is 9. The van der Waals surface area contributed by atoms with Gasteiger partial charge >= 0.3 is 5.97 Å².